The summed E-state index contributed by atoms with van der Waals surface area (Å²) in [5, 5.41) is 12.4. The molecule has 0 heterocycles. The topological polar surface area (TPSA) is 66.4 Å². The number of rotatable bonds is 3. The van der Waals surface area contributed by atoms with Crippen molar-refractivity contribution in [3.63, 3.8) is 0 Å². The number of anilines is 1. The lowest BCUT2D eigenvalue weighted by atomic mass is 9.82. The van der Waals surface area contributed by atoms with Gasteiger partial charge in [-0.25, -0.2) is 0 Å². The maximum absolute atomic E-state index is 12.6. The standard InChI is InChI=1S/C18H19NO3/c20-17(15-12-4-5-13(8-12)16(15)18(21)22)19-14-7-6-10-2-1-3-11(10)9-14/h4-7,9,12-13,15-16H,1-3,8H2,(H,19,20)(H,21,22)/t12-,13+,15-,16-/m0/s1. The number of carbonyl (C=O) groups excluding carboxylic acids is 1. The van der Waals surface area contributed by atoms with E-state index in [9.17, 15) is 14.7 Å². The molecule has 1 aromatic carbocycles. The van der Waals surface area contributed by atoms with Crippen molar-refractivity contribution in [2.75, 3.05) is 5.32 Å². The fourth-order valence-corrected chi connectivity index (χ4v) is 4.39. The first kappa shape index (κ1) is 13.6. The van der Waals surface area contributed by atoms with Crippen molar-refractivity contribution in [2.24, 2.45) is 23.7 Å². The normalized spacial score (nSPS) is 31.3. The van der Waals surface area contributed by atoms with Crippen LogP contribution in [0, 0.1) is 23.7 Å². The third-order valence-electron chi connectivity index (χ3n) is 5.41. The number of fused-ring (bicyclic) bond motifs is 3. The molecule has 1 amide bonds. The third kappa shape index (κ3) is 2.05. The molecule has 2 bridgehead atoms. The van der Waals surface area contributed by atoms with Gasteiger partial charge in [0.2, 0.25) is 5.91 Å². The summed E-state index contributed by atoms with van der Waals surface area (Å²) < 4.78 is 0. The van der Waals surface area contributed by atoms with Crippen LogP contribution in [0.25, 0.3) is 0 Å². The molecule has 4 rings (SSSR count). The first-order valence-electron chi connectivity index (χ1n) is 7.97. The number of allylic oxidation sites excluding steroid dienone is 2. The molecule has 1 fully saturated rings. The van der Waals surface area contributed by atoms with E-state index in [0.717, 1.165) is 24.9 Å². The maximum Gasteiger partial charge on any atom is 0.307 e. The lowest BCUT2D eigenvalue weighted by molar-refractivity contribution is -0.146. The molecule has 114 valence electrons. The first-order valence-corrected chi connectivity index (χ1v) is 7.97. The van der Waals surface area contributed by atoms with E-state index in [2.05, 4.69) is 11.4 Å². The molecule has 2 N–H and O–H groups in total. The van der Waals surface area contributed by atoms with E-state index in [1.807, 2.05) is 24.3 Å². The molecule has 0 radical (unpaired) electrons. The largest absolute Gasteiger partial charge is 0.481 e. The number of carboxylic acids is 1. The van der Waals surface area contributed by atoms with Gasteiger partial charge < -0.3 is 10.4 Å². The molecule has 3 aliphatic carbocycles. The fourth-order valence-electron chi connectivity index (χ4n) is 4.39. The second kappa shape index (κ2) is 4.97. The van der Waals surface area contributed by atoms with Crippen LogP contribution in [0.15, 0.2) is 30.4 Å². The molecule has 1 saturated carbocycles. The van der Waals surface area contributed by atoms with Gasteiger partial charge in [-0.15, -0.1) is 0 Å². The molecule has 4 atom stereocenters. The Bertz CT molecular complexity index is 679. The lowest BCUT2D eigenvalue weighted by Crippen LogP contribution is -2.36. The van der Waals surface area contributed by atoms with Gasteiger partial charge in [0.05, 0.1) is 11.8 Å². The Morgan fingerprint density at radius 1 is 1.05 bits per heavy atom. The number of hydrogen-bond acceptors (Lipinski definition) is 2. The molecule has 0 unspecified atom stereocenters. The van der Waals surface area contributed by atoms with Gasteiger partial charge in [0.25, 0.3) is 0 Å². The van der Waals surface area contributed by atoms with Crippen molar-refractivity contribution >= 4 is 17.6 Å². The van der Waals surface area contributed by atoms with Crippen LogP contribution in [0.3, 0.4) is 0 Å². The predicted molar refractivity (Wildman–Crippen MR) is 82.4 cm³/mol. The van der Waals surface area contributed by atoms with Crippen LogP contribution in [0.4, 0.5) is 5.69 Å². The first-order chi connectivity index (χ1) is 10.6. The summed E-state index contributed by atoms with van der Waals surface area (Å²) in [6.45, 7) is 0. The third-order valence-corrected chi connectivity index (χ3v) is 5.41. The average molecular weight is 297 g/mol. The van der Waals surface area contributed by atoms with E-state index < -0.39 is 17.8 Å². The van der Waals surface area contributed by atoms with Crippen LogP contribution in [-0.4, -0.2) is 17.0 Å². The summed E-state index contributed by atoms with van der Waals surface area (Å²) in [6.07, 6.45) is 8.11. The van der Waals surface area contributed by atoms with Crippen molar-refractivity contribution in [3.05, 3.63) is 41.5 Å². The molecule has 3 aliphatic rings. The predicted octanol–water partition coefficient (Wildman–Crippen LogP) is 2.64. The van der Waals surface area contributed by atoms with Gasteiger partial charge in [-0.2, -0.15) is 0 Å². The zero-order valence-corrected chi connectivity index (χ0v) is 12.3. The number of aliphatic carboxylic acids is 1. The maximum atomic E-state index is 12.6. The number of amides is 1. The van der Waals surface area contributed by atoms with Crippen molar-refractivity contribution in [1.29, 1.82) is 0 Å². The Kier molecular flexibility index (Phi) is 3.06. The van der Waals surface area contributed by atoms with Crippen molar-refractivity contribution in [2.45, 2.75) is 25.7 Å². The van der Waals surface area contributed by atoms with Gasteiger partial charge in [-0.3, -0.25) is 9.59 Å². The van der Waals surface area contributed by atoms with E-state index in [1.54, 1.807) is 0 Å². The van der Waals surface area contributed by atoms with Crippen molar-refractivity contribution < 1.29 is 14.7 Å². The number of hydrogen-bond donors (Lipinski definition) is 2. The minimum absolute atomic E-state index is 0.0123. The smallest absolute Gasteiger partial charge is 0.307 e. The summed E-state index contributed by atoms with van der Waals surface area (Å²) in [7, 11) is 0. The molecule has 22 heavy (non-hydrogen) atoms. The molecular weight excluding hydrogens is 278 g/mol. The Morgan fingerprint density at radius 3 is 2.55 bits per heavy atom. The zero-order chi connectivity index (χ0) is 15.3. The van der Waals surface area contributed by atoms with E-state index in [1.165, 1.54) is 17.5 Å². The second-order valence-electron chi connectivity index (χ2n) is 6.66. The van der Waals surface area contributed by atoms with Crippen molar-refractivity contribution in [1.82, 2.24) is 0 Å². The van der Waals surface area contributed by atoms with Crippen molar-refractivity contribution in [3.8, 4) is 0 Å². The van der Waals surface area contributed by atoms with E-state index in [0.29, 0.717) is 0 Å². The number of nitrogens with one attached hydrogen (secondary N) is 1. The molecule has 1 aromatic rings. The van der Waals surface area contributed by atoms with Crippen LogP contribution in [-0.2, 0) is 22.4 Å². The summed E-state index contributed by atoms with van der Waals surface area (Å²) >= 11 is 0. The Morgan fingerprint density at radius 2 is 1.77 bits per heavy atom. The number of benzene rings is 1. The van der Waals surface area contributed by atoms with Gasteiger partial charge in [0.15, 0.2) is 0 Å². The zero-order valence-electron chi connectivity index (χ0n) is 12.3. The monoisotopic (exact) mass is 297 g/mol. The van der Waals surface area contributed by atoms with Crippen LogP contribution in [0.1, 0.15) is 24.0 Å². The summed E-state index contributed by atoms with van der Waals surface area (Å²) in [5.41, 5.74) is 3.46. The second-order valence-corrected chi connectivity index (χ2v) is 6.66. The Balaban J connectivity index is 1.55. The molecule has 0 aliphatic heterocycles. The number of carbonyl (C=O) groups is 2. The van der Waals surface area contributed by atoms with Crippen LogP contribution in [0.2, 0.25) is 0 Å². The highest BCUT2D eigenvalue weighted by Gasteiger charge is 2.51. The summed E-state index contributed by atoms with van der Waals surface area (Å²) in [6, 6.07) is 6.05. The number of aryl methyl sites for hydroxylation is 2. The highest BCUT2D eigenvalue weighted by molar-refractivity contribution is 5.96. The molecule has 4 nitrogen and oxygen atoms in total. The number of carboxylic acid groups (broad SMARTS) is 1. The van der Waals surface area contributed by atoms with E-state index in [4.69, 9.17) is 0 Å². The van der Waals surface area contributed by atoms with Crippen LogP contribution < -0.4 is 5.32 Å². The fraction of sp³-hybridized carbons (Fsp3) is 0.444. The minimum atomic E-state index is -0.856. The van der Waals surface area contributed by atoms with Crippen LogP contribution >= 0.6 is 0 Å². The highest BCUT2D eigenvalue weighted by Crippen LogP contribution is 2.48. The lowest BCUT2D eigenvalue weighted by Gasteiger charge is -2.24. The van der Waals surface area contributed by atoms with Crippen LogP contribution in [0.5, 0.6) is 0 Å². The van der Waals surface area contributed by atoms with Gasteiger partial charge in [0, 0.05) is 5.69 Å². The van der Waals surface area contributed by atoms with E-state index in [-0.39, 0.29) is 17.7 Å². The Hall–Kier alpha value is -2.10. The Labute approximate surface area is 129 Å². The van der Waals surface area contributed by atoms with Gasteiger partial charge in [-0.05, 0) is 60.8 Å². The molecule has 4 heteroatoms. The summed E-state index contributed by atoms with van der Waals surface area (Å²) in [4.78, 5) is 24.1. The quantitative estimate of drug-likeness (QED) is 0.843. The molecule has 0 aromatic heterocycles. The van der Waals surface area contributed by atoms with Gasteiger partial charge in [-0.1, -0.05) is 18.2 Å². The molecule has 0 spiro atoms. The van der Waals surface area contributed by atoms with Gasteiger partial charge in [0.1, 0.15) is 0 Å². The van der Waals surface area contributed by atoms with E-state index >= 15 is 0 Å². The van der Waals surface area contributed by atoms with Gasteiger partial charge >= 0.3 is 5.97 Å². The summed E-state index contributed by atoms with van der Waals surface area (Å²) in [5.74, 6) is -1.95. The highest BCUT2D eigenvalue weighted by atomic mass is 16.4. The SMILES string of the molecule is O=C(O)[C@@H]1[C@@H](C(=O)Nc2ccc3c(c2)CCC3)[C@H]2C=C[C@@H]1C2. The molecular formula is C18H19NO3. The molecule has 0 saturated heterocycles. The minimum Gasteiger partial charge on any atom is -0.481 e. The average Bonchev–Trinajstić information content (AvgIpc) is 3.20.